The molecule has 164 valence electrons. The lowest BCUT2D eigenvalue weighted by Gasteiger charge is -2.34. The number of carbonyl (C=O) groups is 3. The van der Waals surface area contributed by atoms with E-state index in [0.29, 0.717) is 41.5 Å². The fraction of sp³-hybridized carbons (Fsp3) is 0.476. The Labute approximate surface area is 191 Å². The summed E-state index contributed by atoms with van der Waals surface area (Å²) >= 11 is 14.0. The number of carboxylic acid groups (broad SMARTS) is 1. The van der Waals surface area contributed by atoms with Gasteiger partial charge in [0.15, 0.2) is 0 Å². The molecule has 0 radical (unpaired) electrons. The molecule has 2 amide bonds. The predicted octanol–water partition coefficient (Wildman–Crippen LogP) is 4.29. The maximum absolute atomic E-state index is 12.6. The fourth-order valence-electron chi connectivity index (χ4n) is 3.34. The van der Waals surface area contributed by atoms with Gasteiger partial charge in [-0.2, -0.15) is 0 Å². The van der Waals surface area contributed by atoms with Crippen molar-refractivity contribution in [3.8, 4) is 0 Å². The molecule has 1 heterocycles. The summed E-state index contributed by atoms with van der Waals surface area (Å²) in [6, 6.07) is 3.32. The predicted molar refractivity (Wildman–Crippen MR) is 121 cm³/mol. The van der Waals surface area contributed by atoms with Crippen molar-refractivity contribution in [3.05, 3.63) is 33.8 Å². The van der Waals surface area contributed by atoms with Gasteiger partial charge in [0, 0.05) is 43.1 Å². The summed E-state index contributed by atoms with van der Waals surface area (Å²) in [4.78, 5) is 40.1. The van der Waals surface area contributed by atoms with E-state index < -0.39 is 5.97 Å². The minimum Gasteiger partial charge on any atom is -0.481 e. The molecule has 6 nitrogen and oxygen atoms in total. The number of thioether (sulfide) groups is 1. The third-order valence-corrected chi connectivity index (χ3v) is 7.13. The fourth-order valence-corrected chi connectivity index (χ4v) is 4.51. The summed E-state index contributed by atoms with van der Waals surface area (Å²) in [5.41, 5.74) is 0.673. The van der Waals surface area contributed by atoms with Crippen LogP contribution in [0.3, 0.4) is 0 Å². The first kappa shape index (κ1) is 24.6. The Balaban J connectivity index is 1.93. The molecule has 0 aromatic heterocycles. The molecule has 0 saturated carbocycles. The molecule has 1 aromatic carbocycles. The van der Waals surface area contributed by atoms with Crippen molar-refractivity contribution in [2.45, 2.75) is 37.1 Å². The van der Waals surface area contributed by atoms with Gasteiger partial charge < -0.3 is 14.9 Å². The highest BCUT2D eigenvalue weighted by Gasteiger charge is 2.30. The van der Waals surface area contributed by atoms with Crippen LogP contribution in [0.4, 0.5) is 0 Å². The number of hydrogen-bond donors (Lipinski definition) is 1. The van der Waals surface area contributed by atoms with Crippen molar-refractivity contribution in [2.75, 3.05) is 26.4 Å². The standard InChI is InChI=1S/C21H26Cl2N2O4S/c1-13(12-18(27)28)24(2)21(29)15-8-10-25(11-9-15)17(26)7-5-14-4-6-16(30-3)20(23)19(14)22/h4-7,13,15H,8-12H2,1-3H3,(H,27,28)/b7-5+. The van der Waals surface area contributed by atoms with Crippen LogP contribution < -0.4 is 0 Å². The molecule has 1 aromatic rings. The molecule has 2 rings (SSSR count). The number of rotatable bonds is 7. The van der Waals surface area contributed by atoms with Gasteiger partial charge in [0.1, 0.15) is 0 Å². The molecule has 1 unspecified atom stereocenters. The van der Waals surface area contributed by atoms with E-state index in [-0.39, 0.29) is 30.2 Å². The largest absolute Gasteiger partial charge is 0.481 e. The van der Waals surface area contributed by atoms with Gasteiger partial charge in [-0.3, -0.25) is 14.4 Å². The van der Waals surface area contributed by atoms with Crippen LogP contribution in [0.5, 0.6) is 0 Å². The maximum Gasteiger partial charge on any atom is 0.305 e. The first-order valence-corrected chi connectivity index (χ1v) is 11.6. The summed E-state index contributed by atoms with van der Waals surface area (Å²) < 4.78 is 0. The quantitative estimate of drug-likeness (QED) is 0.472. The van der Waals surface area contributed by atoms with Crippen LogP contribution in [0.25, 0.3) is 6.08 Å². The van der Waals surface area contributed by atoms with E-state index in [2.05, 4.69) is 0 Å². The zero-order valence-corrected chi connectivity index (χ0v) is 19.6. The SMILES string of the molecule is CSc1ccc(/C=C/C(=O)N2CCC(C(=O)N(C)C(C)CC(=O)O)CC2)c(Cl)c1Cl. The lowest BCUT2D eigenvalue weighted by atomic mass is 9.94. The van der Waals surface area contributed by atoms with Crippen molar-refractivity contribution in [1.82, 2.24) is 9.80 Å². The van der Waals surface area contributed by atoms with Crippen molar-refractivity contribution in [2.24, 2.45) is 5.92 Å². The Bertz CT molecular complexity index is 839. The maximum atomic E-state index is 12.6. The van der Waals surface area contributed by atoms with Gasteiger partial charge in [0.2, 0.25) is 11.8 Å². The topological polar surface area (TPSA) is 77.9 Å². The number of carboxylic acids is 1. The van der Waals surface area contributed by atoms with Crippen molar-refractivity contribution in [1.29, 1.82) is 0 Å². The van der Waals surface area contributed by atoms with Crippen LogP contribution >= 0.6 is 35.0 Å². The van der Waals surface area contributed by atoms with Gasteiger partial charge in [-0.05, 0) is 43.7 Å². The summed E-state index contributed by atoms with van der Waals surface area (Å²) in [7, 11) is 1.63. The van der Waals surface area contributed by atoms with Crippen molar-refractivity contribution in [3.63, 3.8) is 0 Å². The number of carbonyl (C=O) groups excluding carboxylic acids is 2. The Morgan fingerprint density at radius 3 is 2.47 bits per heavy atom. The van der Waals surface area contributed by atoms with E-state index in [1.807, 2.05) is 18.4 Å². The normalized spacial score (nSPS) is 16.0. The molecular formula is C21H26Cl2N2O4S. The molecule has 1 saturated heterocycles. The van der Waals surface area contributed by atoms with E-state index in [1.165, 1.54) is 22.7 Å². The zero-order chi connectivity index (χ0) is 22.4. The Morgan fingerprint density at radius 2 is 1.90 bits per heavy atom. The summed E-state index contributed by atoms with van der Waals surface area (Å²) in [6.45, 7) is 2.67. The second-order valence-corrected chi connectivity index (χ2v) is 8.92. The van der Waals surface area contributed by atoms with Crippen molar-refractivity contribution >= 4 is 58.8 Å². The zero-order valence-electron chi connectivity index (χ0n) is 17.2. The van der Waals surface area contributed by atoms with Gasteiger partial charge in [0.25, 0.3) is 0 Å². The van der Waals surface area contributed by atoms with Crippen LogP contribution in [0.2, 0.25) is 10.0 Å². The van der Waals surface area contributed by atoms with E-state index in [9.17, 15) is 14.4 Å². The lowest BCUT2D eigenvalue weighted by Crippen LogP contribution is -2.45. The summed E-state index contributed by atoms with van der Waals surface area (Å²) in [5, 5.41) is 9.79. The number of aliphatic carboxylic acids is 1. The van der Waals surface area contributed by atoms with E-state index in [4.69, 9.17) is 28.3 Å². The molecule has 1 aliphatic rings. The van der Waals surface area contributed by atoms with Crippen LogP contribution in [0, 0.1) is 5.92 Å². The molecule has 1 N–H and O–H groups in total. The number of amides is 2. The van der Waals surface area contributed by atoms with Crippen LogP contribution in [0.15, 0.2) is 23.1 Å². The second-order valence-electron chi connectivity index (χ2n) is 7.31. The van der Waals surface area contributed by atoms with Gasteiger partial charge in [-0.25, -0.2) is 0 Å². The molecule has 1 atom stereocenters. The number of halogens is 2. The van der Waals surface area contributed by atoms with Crippen LogP contribution in [0.1, 0.15) is 31.7 Å². The molecule has 0 aliphatic carbocycles. The minimum absolute atomic E-state index is 0.0679. The lowest BCUT2D eigenvalue weighted by molar-refractivity contribution is -0.143. The monoisotopic (exact) mass is 472 g/mol. The first-order chi connectivity index (χ1) is 14.1. The Kier molecular flexibility index (Phi) is 9.07. The van der Waals surface area contributed by atoms with Crippen LogP contribution in [-0.4, -0.2) is 65.1 Å². The van der Waals surface area contributed by atoms with Crippen molar-refractivity contribution < 1.29 is 19.5 Å². The molecular weight excluding hydrogens is 447 g/mol. The molecule has 0 spiro atoms. The highest BCUT2D eigenvalue weighted by molar-refractivity contribution is 7.98. The minimum atomic E-state index is -0.932. The van der Waals surface area contributed by atoms with Gasteiger partial charge in [-0.1, -0.05) is 29.3 Å². The van der Waals surface area contributed by atoms with Crippen LogP contribution in [-0.2, 0) is 14.4 Å². The Morgan fingerprint density at radius 1 is 1.27 bits per heavy atom. The third-order valence-electron chi connectivity index (χ3n) is 5.34. The average molecular weight is 473 g/mol. The molecule has 1 fully saturated rings. The summed E-state index contributed by atoms with van der Waals surface area (Å²) in [5.74, 6) is -1.35. The number of likely N-dealkylation sites (tertiary alicyclic amines) is 1. The molecule has 0 bridgehead atoms. The van der Waals surface area contributed by atoms with E-state index >= 15 is 0 Å². The van der Waals surface area contributed by atoms with Gasteiger partial charge in [0.05, 0.1) is 16.5 Å². The number of benzene rings is 1. The summed E-state index contributed by atoms with van der Waals surface area (Å²) in [6.07, 6.45) is 6.05. The van der Waals surface area contributed by atoms with E-state index in [0.717, 1.165) is 4.90 Å². The molecule has 1 aliphatic heterocycles. The number of piperidine rings is 1. The van der Waals surface area contributed by atoms with Gasteiger partial charge >= 0.3 is 5.97 Å². The number of nitrogens with zero attached hydrogens (tertiary/aromatic N) is 2. The molecule has 30 heavy (non-hydrogen) atoms. The highest BCUT2D eigenvalue weighted by atomic mass is 35.5. The number of hydrogen-bond acceptors (Lipinski definition) is 4. The first-order valence-electron chi connectivity index (χ1n) is 9.63. The smallest absolute Gasteiger partial charge is 0.305 e. The highest BCUT2D eigenvalue weighted by Crippen LogP contribution is 2.35. The van der Waals surface area contributed by atoms with E-state index in [1.54, 1.807) is 24.9 Å². The third kappa shape index (κ3) is 6.15. The Hall–Kier alpha value is -1.70. The second kappa shape index (κ2) is 11.1. The van der Waals surface area contributed by atoms with Gasteiger partial charge in [-0.15, -0.1) is 11.8 Å². The molecule has 9 heteroatoms. The average Bonchev–Trinajstić information content (AvgIpc) is 2.73.